The molecule has 21 heavy (non-hydrogen) atoms. The van der Waals surface area contributed by atoms with Gasteiger partial charge in [-0.15, -0.1) is 0 Å². The third kappa shape index (κ3) is 2.63. The minimum absolute atomic E-state index is 0.218. The molecule has 0 bridgehead atoms. The molecule has 2 aromatic heterocycles. The number of nitrogen functional groups attached to an aromatic ring is 1. The minimum atomic E-state index is -0.218. The molecule has 0 spiro atoms. The van der Waals surface area contributed by atoms with E-state index < -0.39 is 0 Å². The summed E-state index contributed by atoms with van der Waals surface area (Å²) in [6.07, 6.45) is 0.702. The van der Waals surface area contributed by atoms with Crippen LogP contribution in [0.1, 0.15) is 40.1 Å². The second-order valence-electron chi connectivity index (χ2n) is 5.14. The quantitative estimate of drug-likeness (QED) is 0.873. The van der Waals surface area contributed by atoms with E-state index in [0.29, 0.717) is 24.3 Å². The summed E-state index contributed by atoms with van der Waals surface area (Å²) >= 11 is 0. The van der Waals surface area contributed by atoms with Crippen LogP contribution < -0.4 is 11.1 Å². The Bertz CT molecular complexity index is 682. The highest BCUT2D eigenvalue weighted by Crippen LogP contribution is 2.17. The summed E-state index contributed by atoms with van der Waals surface area (Å²) in [6, 6.07) is 0. The van der Waals surface area contributed by atoms with Gasteiger partial charge in [-0.25, -0.2) is 0 Å². The van der Waals surface area contributed by atoms with Gasteiger partial charge in [0.25, 0.3) is 5.91 Å². The van der Waals surface area contributed by atoms with Gasteiger partial charge in [0.05, 0.1) is 17.1 Å². The van der Waals surface area contributed by atoms with Crippen molar-refractivity contribution in [2.24, 2.45) is 14.1 Å². The van der Waals surface area contributed by atoms with E-state index in [2.05, 4.69) is 15.5 Å². The van der Waals surface area contributed by atoms with Crippen LogP contribution in [0.4, 0.5) is 5.69 Å². The van der Waals surface area contributed by atoms with Crippen LogP contribution in [0.2, 0.25) is 0 Å². The third-order valence-corrected chi connectivity index (χ3v) is 3.79. The van der Waals surface area contributed by atoms with Crippen molar-refractivity contribution in [2.75, 3.05) is 5.73 Å². The van der Waals surface area contributed by atoms with E-state index >= 15 is 0 Å². The molecule has 2 rings (SSSR count). The molecule has 0 atom stereocenters. The van der Waals surface area contributed by atoms with Crippen LogP contribution in [0, 0.1) is 13.8 Å². The molecule has 114 valence electrons. The van der Waals surface area contributed by atoms with E-state index in [1.165, 1.54) is 4.68 Å². The summed E-state index contributed by atoms with van der Waals surface area (Å²) < 4.78 is 3.34. The molecule has 2 aromatic rings. The molecule has 2 heterocycles. The zero-order valence-electron chi connectivity index (χ0n) is 13.2. The third-order valence-electron chi connectivity index (χ3n) is 3.79. The Morgan fingerprint density at radius 3 is 2.38 bits per heavy atom. The van der Waals surface area contributed by atoms with Crippen LogP contribution in [-0.4, -0.2) is 25.5 Å². The Morgan fingerprint density at radius 1 is 1.24 bits per heavy atom. The number of amides is 1. The number of aryl methyl sites for hydroxylation is 4. The summed E-state index contributed by atoms with van der Waals surface area (Å²) in [5, 5.41) is 11.5. The van der Waals surface area contributed by atoms with Crippen molar-refractivity contribution >= 4 is 11.6 Å². The molecule has 0 saturated carbocycles. The lowest BCUT2D eigenvalue weighted by Crippen LogP contribution is -2.26. The lowest BCUT2D eigenvalue weighted by atomic mass is 10.2. The van der Waals surface area contributed by atoms with Crippen molar-refractivity contribution in [3.8, 4) is 0 Å². The number of hydrogen-bond acceptors (Lipinski definition) is 4. The zero-order chi connectivity index (χ0) is 15.7. The number of rotatable bonds is 4. The van der Waals surface area contributed by atoms with Gasteiger partial charge in [0, 0.05) is 31.9 Å². The van der Waals surface area contributed by atoms with Crippen LogP contribution in [-0.2, 0) is 27.1 Å². The monoisotopic (exact) mass is 290 g/mol. The van der Waals surface area contributed by atoms with E-state index in [1.54, 1.807) is 7.05 Å². The Kier molecular flexibility index (Phi) is 4.02. The lowest BCUT2D eigenvalue weighted by Gasteiger charge is -2.07. The Labute approximate surface area is 124 Å². The number of aromatic nitrogens is 4. The maximum atomic E-state index is 12.3. The predicted octanol–water partition coefficient (Wildman–Crippen LogP) is 0.845. The molecule has 0 aliphatic heterocycles. The Balaban J connectivity index is 2.18. The summed E-state index contributed by atoms with van der Waals surface area (Å²) in [5.41, 5.74) is 10.6. The smallest absolute Gasteiger partial charge is 0.271 e. The number of carbonyl (C=O) groups excluding carboxylic acids is 1. The fourth-order valence-electron chi connectivity index (χ4n) is 2.45. The number of nitrogens with zero attached hydrogens (tertiary/aromatic N) is 4. The molecule has 0 unspecified atom stereocenters. The number of nitrogens with one attached hydrogen (secondary N) is 1. The molecule has 0 saturated heterocycles. The maximum Gasteiger partial charge on any atom is 0.271 e. The highest BCUT2D eigenvalue weighted by Gasteiger charge is 2.19. The highest BCUT2D eigenvalue weighted by atomic mass is 16.2. The molecule has 3 N–H and O–H groups in total. The van der Waals surface area contributed by atoms with Gasteiger partial charge < -0.3 is 11.1 Å². The second kappa shape index (κ2) is 5.59. The van der Waals surface area contributed by atoms with Gasteiger partial charge in [-0.2, -0.15) is 10.2 Å². The van der Waals surface area contributed by atoms with Crippen molar-refractivity contribution in [1.82, 2.24) is 24.9 Å². The molecule has 7 nitrogen and oxygen atoms in total. The average molecular weight is 290 g/mol. The van der Waals surface area contributed by atoms with Crippen LogP contribution in [0.15, 0.2) is 0 Å². The van der Waals surface area contributed by atoms with Crippen molar-refractivity contribution in [3.05, 3.63) is 28.3 Å². The van der Waals surface area contributed by atoms with Crippen molar-refractivity contribution in [2.45, 2.75) is 33.7 Å². The Morgan fingerprint density at radius 2 is 1.90 bits per heavy atom. The SMILES string of the molecule is CCc1nn(C)c(C(=O)NCc2c(C)nn(C)c2C)c1N. The number of anilines is 1. The normalized spacial score (nSPS) is 10.9. The van der Waals surface area contributed by atoms with E-state index in [-0.39, 0.29) is 5.91 Å². The molecule has 0 fully saturated rings. The van der Waals surface area contributed by atoms with Crippen LogP contribution in [0.25, 0.3) is 0 Å². The van der Waals surface area contributed by atoms with Gasteiger partial charge in [-0.3, -0.25) is 14.2 Å². The average Bonchev–Trinajstić information content (AvgIpc) is 2.84. The van der Waals surface area contributed by atoms with Gasteiger partial charge in [-0.05, 0) is 20.3 Å². The predicted molar refractivity (Wildman–Crippen MR) is 80.9 cm³/mol. The fourth-order valence-corrected chi connectivity index (χ4v) is 2.45. The number of hydrogen-bond donors (Lipinski definition) is 2. The van der Waals surface area contributed by atoms with Crippen molar-refractivity contribution in [3.63, 3.8) is 0 Å². The summed E-state index contributed by atoms with van der Waals surface area (Å²) in [4.78, 5) is 12.3. The largest absolute Gasteiger partial charge is 0.395 e. The summed E-state index contributed by atoms with van der Waals surface area (Å²) in [6.45, 7) is 6.30. The summed E-state index contributed by atoms with van der Waals surface area (Å²) in [7, 11) is 3.62. The first-order chi connectivity index (χ1) is 9.86. The first-order valence-corrected chi connectivity index (χ1v) is 6.95. The van der Waals surface area contributed by atoms with Gasteiger partial charge in [0.1, 0.15) is 5.69 Å². The number of carbonyl (C=O) groups is 1. The first-order valence-electron chi connectivity index (χ1n) is 6.95. The molecule has 0 radical (unpaired) electrons. The van der Waals surface area contributed by atoms with Crippen molar-refractivity contribution in [1.29, 1.82) is 0 Å². The molecule has 7 heteroatoms. The van der Waals surface area contributed by atoms with E-state index in [0.717, 1.165) is 22.6 Å². The molecular formula is C14H22N6O. The molecule has 0 aliphatic rings. The van der Waals surface area contributed by atoms with Crippen molar-refractivity contribution < 1.29 is 4.79 Å². The molecule has 1 amide bonds. The van der Waals surface area contributed by atoms with E-state index in [4.69, 9.17) is 5.73 Å². The van der Waals surface area contributed by atoms with E-state index in [1.807, 2.05) is 32.5 Å². The lowest BCUT2D eigenvalue weighted by molar-refractivity contribution is 0.0942. The Hall–Kier alpha value is -2.31. The second-order valence-corrected chi connectivity index (χ2v) is 5.14. The van der Waals surface area contributed by atoms with Gasteiger partial charge in [0.15, 0.2) is 0 Å². The zero-order valence-corrected chi connectivity index (χ0v) is 13.2. The molecule has 0 aliphatic carbocycles. The van der Waals surface area contributed by atoms with Gasteiger partial charge in [0.2, 0.25) is 0 Å². The standard InChI is InChI=1S/C14H22N6O/c1-6-11-12(15)13(20(5)18-11)14(21)16-7-10-8(2)17-19(4)9(10)3/h6-7,15H2,1-5H3,(H,16,21). The molecule has 0 aromatic carbocycles. The maximum absolute atomic E-state index is 12.3. The fraction of sp³-hybridized carbons (Fsp3) is 0.500. The van der Waals surface area contributed by atoms with Crippen LogP contribution in [0.3, 0.4) is 0 Å². The molecular weight excluding hydrogens is 268 g/mol. The topological polar surface area (TPSA) is 90.8 Å². The van der Waals surface area contributed by atoms with Gasteiger partial charge in [-0.1, -0.05) is 6.92 Å². The van der Waals surface area contributed by atoms with Gasteiger partial charge >= 0.3 is 0 Å². The highest BCUT2D eigenvalue weighted by molar-refractivity contribution is 5.97. The van der Waals surface area contributed by atoms with Crippen LogP contribution in [0.5, 0.6) is 0 Å². The minimum Gasteiger partial charge on any atom is -0.395 e. The van der Waals surface area contributed by atoms with Crippen LogP contribution >= 0.6 is 0 Å². The summed E-state index contributed by atoms with van der Waals surface area (Å²) in [5.74, 6) is -0.218. The number of nitrogens with two attached hydrogens (primary N) is 1. The first kappa shape index (κ1) is 15.1. The van der Waals surface area contributed by atoms with E-state index in [9.17, 15) is 4.79 Å².